The van der Waals surface area contributed by atoms with Crippen molar-refractivity contribution < 1.29 is 18.6 Å². The van der Waals surface area contributed by atoms with E-state index in [1.807, 2.05) is 0 Å². The van der Waals surface area contributed by atoms with Crippen molar-refractivity contribution >= 4 is 15.7 Å². The van der Waals surface area contributed by atoms with Crippen LogP contribution in [0.1, 0.15) is 5.56 Å². The number of nitrogen functional groups attached to an aromatic ring is 1. The summed E-state index contributed by atoms with van der Waals surface area (Å²) in [6.45, 7) is 1.03. The van der Waals surface area contributed by atoms with Gasteiger partial charge in [-0.3, -0.25) is 0 Å². The van der Waals surface area contributed by atoms with E-state index in [1.165, 1.54) is 12.1 Å². The van der Waals surface area contributed by atoms with Crippen molar-refractivity contribution in [2.45, 2.75) is 17.9 Å². The molecule has 0 bridgehead atoms. The normalized spacial score (nSPS) is 13.6. The van der Waals surface area contributed by atoms with Crippen LogP contribution in [0.3, 0.4) is 0 Å². The second-order valence-electron chi connectivity index (χ2n) is 3.71. The average Bonchev–Trinajstić information content (AvgIpc) is 2.29. The van der Waals surface area contributed by atoms with Gasteiger partial charge < -0.3 is 15.9 Å². The molecule has 1 atom stereocenters. The van der Waals surface area contributed by atoms with Gasteiger partial charge in [0.2, 0.25) is 10.0 Å². The fraction of sp³-hybridized carbons (Fsp3) is 0.400. The Kier molecular flexibility index (Phi) is 4.47. The lowest BCUT2D eigenvalue weighted by molar-refractivity contribution is 0.0988. The third kappa shape index (κ3) is 3.67. The molecule has 17 heavy (non-hydrogen) atoms. The molecular weight excluding hydrogens is 244 g/mol. The molecule has 7 heteroatoms. The first-order valence-electron chi connectivity index (χ1n) is 5.01. The predicted octanol–water partition coefficient (Wildman–Crippen LogP) is -0.791. The van der Waals surface area contributed by atoms with Crippen molar-refractivity contribution in [1.29, 1.82) is 0 Å². The third-order valence-electron chi connectivity index (χ3n) is 2.28. The number of benzene rings is 1. The van der Waals surface area contributed by atoms with E-state index in [-0.39, 0.29) is 11.4 Å². The molecule has 1 aromatic carbocycles. The summed E-state index contributed by atoms with van der Waals surface area (Å²) in [5.41, 5.74) is 6.79. The van der Waals surface area contributed by atoms with Gasteiger partial charge in [0.15, 0.2) is 0 Å². The van der Waals surface area contributed by atoms with E-state index < -0.39 is 22.7 Å². The first-order valence-corrected chi connectivity index (χ1v) is 6.50. The van der Waals surface area contributed by atoms with E-state index in [1.54, 1.807) is 13.0 Å². The van der Waals surface area contributed by atoms with Gasteiger partial charge in [-0.1, -0.05) is 6.07 Å². The molecule has 0 aliphatic carbocycles. The molecule has 0 saturated heterocycles. The predicted molar refractivity (Wildman–Crippen MR) is 63.9 cm³/mol. The molecular formula is C10H16N2O4S. The fourth-order valence-electron chi connectivity index (χ4n) is 1.14. The van der Waals surface area contributed by atoms with E-state index in [0.717, 1.165) is 5.56 Å². The largest absolute Gasteiger partial charge is 0.398 e. The Bertz CT molecular complexity index is 487. The van der Waals surface area contributed by atoms with Crippen LogP contribution in [0.15, 0.2) is 23.1 Å². The summed E-state index contributed by atoms with van der Waals surface area (Å²) in [7, 11) is -3.71. The van der Waals surface area contributed by atoms with Crippen LogP contribution in [0.25, 0.3) is 0 Å². The molecule has 1 unspecified atom stereocenters. The summed E-state index contributed by atoms with van der Waals surface area (Å²) >= 11 is 0. The van der Waals surface area contributed by atoms with E-state index >= 15 is 0 Å². The van der Waals surface area contributed by atoms with Gasteiger partial charge in [-0.2, -0.15) is 0 Å². The van der Waals surface area contributed by atoms with Crippen LogP contribution in [-0.2, 0) is 10.0 Å². The lowest BCUT2D eigenvalue weighted by atomic mass is 10.2. The number of nitrogens with two attached hydrogens (primary N) is 1. The zero-order chi connectivity index (χ0) is 13.1. The van der Waals surface area contributed by atoms with E-state index in [2.05, 4.69) is 4.72 Å². The second-order valence-corrected chi connectivity index (χ2v) is 5.47. The highest BCUT2D eigenvalue weighted by molar-refractivity contribution is 7.89. The molecule has 5 N–H and O–H groups in total. The monoisotopic (exact) mass is 260 g/mol. The topological polar surface area (TPSA) is 113 Å². The minimum atomic E-state index is -3.71. The van der Waals surface area contributed by atoms with Gasteiger partial charge in [0, 0.05) is 12.2 Å². The molecule has 0 aliphatic heterocycles. The Hall–Kier alpha value is -1.15. The molecule has 0 spiro atoms. The Balaban J connectivity index is 2.86. The number of hydrogen-bond acceptors (Lipinski definition) is 5. The lowest BCUT2D eigenvalue weighted by Gasteiger charge is -2.10. The summed E-state index contributed by atoms with van der Waals surface area (Å²) in [6, 6.07) is 4.38. The highest BCUT2D eigenvalue weighted by Gasteiger charge is 2.16. The van der Waals surface area contributed by atoms with Gasteiger partial charge in [0.1, 0.15) is 0 Å². The van der Waals surface area contributed by atoms with Crippen LogP contribution in [0, 0.1) is 6.92 Å². The van der Waals surface area contributed by atoms with Crippen molar-refractivity contribution in [2.75, 3.05) is 18.9 Å². The van der Waals surface area contributed by atoms with E-state index in [0.29, 0.717) is 5.69 Å². The van der Waals surface area contributed by atoms with Gasteiger partial charge in [0.25, 0.3) is 0 Å². The van der Waals surface area contributed by atoms with Crippen molar-refractivity contribution in [2.24, 2.45) is 0 Å². The number of aliphatic hydroxyl groups is 2. The van der Waals surface area contributed by atoms with Crippen molar-refractivity contribution in [3.05, 3.63) is 23.8 Å². The number of hydrogen-bond donors (Lipinski definition) is 4. The molecule has 6 nitrogen and oxygen atoms in total. The molecule has 0 fully saturated rings. The molecule has 96 valence electrons. The molecule has 0 radical (unpaired) electrons. The average molecular weight is 260 g/mol. The zero-order valence-electron chi connectivity index (χ0n) is 9.42. The second kappa shape index (κ2) is 5.46. The van der Waals surface area contributed by atoms with Gasteiger partial charge in [-0.15, -0.1) is 0 Å². The van der Waals surface area contributed by atoms with E-state index in [4.69, 9.17) is 15.9 Å². The van der Waals surface area contributed by atoms with Gasteiger partial charge in [0.05, 0.1) is 17.6 Å². The molecule has 0 aliphatic rings. The zero-order valence-corrected chi connectivity index (χ0v) is 10.2. The summed E-state index contributed by atoms with van der Waals surface area (Å²) in [6.07, 6.45) is -1.12. The smallest absolute Gasteiger partial charge is 0.240 e. The van der Waals surface area contributed by atoms with Crippen LogP contribution in [-0.4, -0.2) is 37.9 Å². The number of aryl methyl sites for hydroxylation is 1. The molecule has 0 heterocycles. The van der Waals surface area contributed by atoms with E-state index in [9.17, 15) is 8.42 Å². The number of sulfonamides is 1. The van der Waals surface area contributed by atoms with Crippen LogP contribution >= 0.6 is 0 Å². The summed E-state index contributed by atoms with van der Waals surface area (Å²) in [5.74, 6) is 0. The molecule has 1 aromatic rings. The minimum Gasteiger partial charge on any atom is -0.398 e. The van der Waals surface area contributed by atoms with Crippen LogP contribution in [0.4, 0.5) is 5.69 Å². The van der Waals surface area contributed by atoms with Crippen molar-refractivity contribution in [1.82, 2.24) is 4.72 Å². The summed E-state index contributed by atoms with van der Waals surface area (Å²) in [4.78, 5) is 0.0331. The third-order valence-corrected chi connectivity index (χ3v) is 3.70. The Morgan fingerprint density at radius 1 is 1.47 bits per heavy atom. The van der Waals surface area contributed by atoms with Gasteiger partial charge in [-0.05, 0) is 24.6 Å². The maximum absolute atomic E-state index is 11.8. The van der Waals surface area contributed by atoms with Gasteiger partial charge in [-0.25, -0.2) is 13.1 Å². The van der Waals surface area contributed by atoms with Gasteiger partial charge >= 0.3 is 0 Å². The first kappa shape index (κ1) is 13.9. The van der Waals surface area contributed by atoms with Crippen molar-refractivity contribution in [3.8, 4) is 0 Å². The number of anilines is 1. The number of rotatable bonds is 5. The highest BCUT2D eigenvalue weighted by Crippen LogP contribution is 2.16. The summed E-state index contributed by atoms with van der Waals surface area (Å²) in [5, 5.41) is 17.6. The molecule has 0 saturated carbocycles. The quantitative estimate of drug-likeness (QED) is 0.518. The van der Waals surface area contributed by atoms with Crippen LogP contribution in [0.5, 0.6) is 0 Å². The SMILES string of the molecule is Cc1ccc(S(=O)(=O)NCC(O)CO)cc1N. The maximum atomic E-state index is 11.8. The fourth-order valence-corrected chi connectivity index (χ4v) is 2.25. The molecule has 1 rings (SSSR count). The Morgan fingerprint density at radius 3 is 2.65 bits per heavy atom. The summed E-state index contributed by atoms with van der Waals surface area (Å²) < 4.78 is 25.7. The van der Waals surface area contributed by atoms with Crippen LogP contribution in [0.2, 0.25) is 0 Å². The highest BCUT2D eigenvalue weighted by atomic mass is 32.2. The van der Waals surface area contributed by atoms with Crippen molar-refractivity contribution in [3.63, 3.8) is 0 Å². The first-order chi connectivity index (χ1) is 7.86. The maximum Gasteiger partial charge on any atom is 0.240 e. The number of nitrogens with one attached hydrogen (secondary N) is 1. The molecule has 0 aromatic heterocycles. The van der Waals surface area contributed by atoms with Crippen LogP contribution < -0.4 is 10.5 Å². The lowest BCUT2D eigenvalue weighted by Crippen LogP contribution is -2.33. The minimum absolute atomic E-state index is 0.0331. The molecule has 0 amide bonds. The Labute approximate surface area is 100 Å². The number of aliphatic hydroxyl groups excluding tert-OH is 2. The Morgan fingerprint density at radius 2 is 2.12 bits per heavy atom. The standard InChI is InChI=1S/C10H16N2O4S/c1-7-2-3-9(4-10(7)11)17(15,16)12-5-8(14)6-13/h2-4,8,12-14H,5-6,11H2,1H3.